The van der Waals surface area contributed by atoms with E-state index in [1.54, 1.807) is 0 Å². The molecule has 1 saturated heterocycles. The van der Waals surface area contributed by atoms with Gasteiger partial charge in [0.15, 0.2) is 0 Å². The lowest BCUT2D eigenvalue weighted by Gasteiger charge is -2.32. The molecule has 0 radical (unpaired) electrons. The summed E-state index contributed by atoms with van der Waals surface area (Å²) < 4.78 is 0. The summed E-state index contributed by atoms with van der Waals surface area (Å²) in [4.78, 5) is 33.6. The minimum atomic E-state index is -0.530. The summed E-state index contributed by atoms with van der Waals surface area (Å²) in [5.41, 5.74) is 11.0. The topological polar surface area (TPSA) is 116 Å². The molecule has 3 heterocycles. The van der Waals surface area contributed by atoms with E-state index in [2.05, 4.69) is 38.8 Å². The maximum Gasteiger partial charge on any atom is 0.252 e. The standard InChI is InChI=1S/C29H32N6O2/c1-2-28(36)35-14-11-20(12-15-35)19-6-8-22(9-7-19)34-27-16-26(24(18-33-27)29(30)37)32-17-21-4-3-5-25-23(21)10-13-31-25/h3-10,13,16,18,20,31H,2,11-12,14-15,17H2,1H3,(H2,30,37)(H2,32,33,34). The van der Waals surface area contributed by atoms with E-state index in [4.69, 9.17) is 5.73 Å². The highest BCUT2D eigenvalue weighted by molar-refractivity contribution is 5.98. The van der Waals surface area contributed by atoms with E-state index in [1.807, 2.05) is 54.4 Å². The molecule has 2 aromatic carbocycles. The largest absolute Gasteiger partial charge is 0.380 e. The summed E-state index contributed by atoms with van der Waals surface area (Å²) in [7, 11) is 0. The van der Waals surface area contributed by atoms with Crippen molar-refractivity contribution in [2.24, 2.45) is 5.73 Å². The zero-order valence-electron chi connectivity index (χ0n) is 21.0. The molecule has 37 heavy (non-hydrogen) atoms. The fraction of sp³-hybridized carbons (Fsp3) is 0.276. The van der Waals surface area contributed by atoms with Gasteiger partial charge >= 0.3 is 0 Å². The van der Waals surface area contributed by atoms with Gasteiger partial charge in [0.2, 0.25) is 5.91 Å². The van der Waals surface area contributed by atoms with Crippen molar-refractivity contribution in [1.29, 1.82) is 0 Å². The van der Waals surface area contributed by atoms with E-state index in [1.165, 1.54) is 11.8 Å². The number of rotatable bonds is 8. The van der Waals surface area contributed by atoms with Crippen molar-refractivity contribution in [3.63, 3.8) is 0 Å². The fourth-order valence-electron chi connectivity index (χ4n) is 5.03. The lowest BCUT2D eigenvalue weighted by atomic mass is 9.89. The molecule has 0 atom stereocenters. The van der Waals surface area contributed by atoms with Gasteiger partial charge in [0.1, 0.15) is 5.82 Å². The van der Waals surface area contributed by atoms with Crippen LogP contribution in [0.2, 0.25) is 0 Å². The summed E-state index contributed by atoms with van der Waals surface area (Å²) in [6.07, 6.45) is 5.96. The van der Waals surface area contributed by atoms with Crippen LogP contribution in [0.1, 0.15) is 53.6 Å². The Hall–Kier alpha value is -4.33. The number of pyridine rings is 1. The zero-order chi connectivity index (χ0) is 25.8. The summed E-state index contributed by atoms with van der Waals surface area (Å²) >= 11 is 0. The number of benzene rings is 2. The van der Waals surface area contributed by atoms with E-state index in [0.717, 1.165) is 48.1 Å². The molecular formula is C29H32N6O2. The lowest BCUT2D eigenvalue weighted by Crippen LogP contribution is -2.37. The van der Waals surface area contributed by atoms with Gasteiger partial charge in [-0.3, -0.25) is 9.59 Å². The second-order valence-electron chi connectivity index (χ2n) is 9.44. The highest BCUT2D eigenvalue weighted by atomic mass is 16.2. The van der Waals surface area contributed by atoms with E-state index in [0.29, 0.717) is 36.0 Å². The first-order valence-electron chi connectivity index (χ1n) is 12.7. The number of likely N-dealkylation sites (tertiary alicyclic amines) is 1. The first-order valence-corrected chi connectivity index (χ1v) is 12.7. The van der Waals surface area contributed by atoms with Gasteiger partial charge < -0.3 is 26.3 Å². The molecule has 0 unspecified atom stereocenters. The molecule has 5 rings (SSSR count). The summed E-state index contributed by atoms with van der Waals surface area (Å²) in [5.74, 6) is 0.787. The maximum atomic E-state index is 12.0. The minimum Gasteiger partial charge on any atom is -0.380 e. The fourth-order valence-corrected chi connectivity index (χ4v) is 5.03. The van der Waals surface area contributed by atoms with Crippen LogP contribution in [0.3, 0.4) is 0 Å². The van der Waals surface area contributed by atoms with Crippen LogP contribution in [0.4, 0.5) is 17.2 Å². The number of primary amides is 1. The number of nitrogens with two attached hydrogens (primary N) is 1. The van der Waals surface area contributed by atoms with Gasteiger partial charge in [-0.05, 0) is 54.2 Å². The van der Waals surface area contributed by atoms with Gasteiger partial charge in [-0.25, -0.2) is 4.98 Å². The Morgan fingerprint density at radius 3 is 2.62 bits per heavy atom. The van der Waals surface area contributed by atoms with Gasteiger partial charge in [-0.1, -0.05) is 31.2 Å². The monoisotopic (exact) mass is 496 g/mol. The molecule has 1 aliphatic heterocycles. The highest BCUT2D eigenvalue weighted by Crippen LogP contribution is 2.30. The molecular weight excluding hydrogens is 464 g/mol. The zero-order valence-corrected chi connectivity index (χ0v) is 21.0. The Bertz CT molecular complexity index is 1400. The number of aromatic nitrogens is 2. The summed E-state index contributed by atoms with van der Waals surface area (Å²) in [5, 5.41) is 7.83. The quantitative estimate of drug-likeness (QED) is 0.270. The van der Waals surface area contributed by atoms with Crippen LogP contribution in [0.15, 0.2) is 67.0 Å². The number of piperidine rings is 1. The second-order valence-corrected chi connectivity index (χ2v) is 9.44. The third-order valence-corrected chi connectivity index (χ3v) is 7.13. The Morgan fingerprint density at radius 2 is 1.89 bits per heavy atom. The molecule has 1 fully saturated rings. The Kier molecular flexibility index (Phi) is 7.07. The Morgan fingerprint density at radius 1 is 1.11 bits per heavy atom. The van der Waals surface area contributed by atoms with E-state index >= 15 is 0 Å². The van der Waals surface area contributed by atoms with Crippen LogP contribution in [0.25, 0.3) is 10.9 Å². The van der Waals surface area contributed by atoms with Gasteiger partial charge in [-0.2, -0.15) is 0 Å². The SMILES string of the molecule is CCC(=O)N1CCC(c2ccc(Nc3cc(NCc4cccc5[nH]ccc45)c(C(N)=O)cn3)cc2)CC1. The smallest absolute Gasteiger partial charge is 0.252 e. The van der Waals surface area contributed by atoms with Crippen molar-refractivity contribution >= 4 is 39.9 Å². The third kappa shape index (κ3) is 5.43. The molecule has 2 aromatic heterocycles. The molecule has 0 saturated carbocycles. The molecule has 4 aromatic rings. The Labute approximate surface area is 216 Å². The van der Waals surface area contributed by atoms with E-state index < -0.39 is 5.91 Å². The molecule has 8 heteroatoms. The van der Waals surface area contributed by atoms with Crippen LogP contribution >= 0.6 is 0 Å². The van der Waals surface area contributed by atoms with Crippen molar-refractivity contribution in [3.05, 3.63) is 83.7 Å². The van der Waals surface area contributed by atoms with Crippen molar-refractivity contribution < 1.29 is 9.59 Å². The van der Waals surface area contributed by atoms with E-state index in [-0.39, 0.29) is 5.91 Å². The predicted molar refractivity (Wildman–Crippen MR) is 147 cm³/mol. The molecule has 190 valence electrons. The number of fused-ring (bicyclic) bond motifs is 1. The predicted octanol–water partition coefficient (Wildman–Crippen LogP) is 5.13. The number of carbonyl (C=O) groups is 2. The van der Waals surface area contributed by atoms with Gasteiger partial charge in [-0.15, -0.1) is 0 Å². The number of hydrogen-bond donors (Lipinski definition) is 4. The first kappa shape index (κ1) is 24.4. The van der Waals surface area contributed by atoms with Gasteiger partial charge in [0.05, 0.1) is 11.3 Å². The van der Waals surface area contributed by atoms with Crippen molar-refractivity contribution in [2.75, 3.05) is 23.7 Å². The number of hydrogen-bond acceptors (Lipinski definition) is 5. The number of nitrogens with one attached hydrogen (secondary N) is 3. The molecule has 0 spiro atoms. The molecule has 5 N–H and O–H groups in total. The van der Waals surface area contributed by atoms with Crippen molar-refractivity contribution in [2.45, 2.75) is 38.6 Å². The molecule has 8 nitrogen and oxygen atoms in total. The molecule has 1 aliphatic rings. The third-order valence-electron chi connectivity index (χ3n) is 7.13. The number of carbonyl (C=O) groups excluding carboxylic acids is 2. The average Bonchev–Trinajstić information content (AvgIpc) is 3.42. The van der Waals surface area contributed by atoms with E-state index in [9.17, 15) is 9.59 Å². The summed E-state index contributed by atoms with van der Waals surface area (Å²) in [6, 6.07) is 18.3. The highest BCUT2D eigenvalue weighted by Gasteiger charge is 2.22. The van der Waals surface area contributed by atoms with Crippen LogP contribution in [-0.4, -0.2) is 39.8 Å². The van der Waals surface area contributed by atoms with Crippen molar-refractivity contribution in [1.82, 2.24) is 14.9 Å². The number of aromatic amines is 1. The van der Waals surface area contributed by atoms with Crippen molar-refractivity contribution in [3.8, 4) is 0 Å². The minimum absolute atomic E-state index is 0.239. The Balaban J connectivity index is 1.26. The number of amides is 2. The number of H-pyrrole nitrogens is 1. The average molecular weight is 497 g/mol. The number of nitrogens with zero attached hydrogens (tertiary/aromatic N) is 2. The van der Waals surface area contributed by atoms with Gasteiger partial charge in [0.25, 0.3) is 5.91 Å². The van der Waals surface area contributed by atoms with Crippen LogP contribution in [0.5, 0.6) is 0 Å². The first-order chi connectivity index (χ1) is 18.0. The number of anilines is 3. The van der Waals surface area contributed by atoms with Crippen LogP contribution in [-0.2, 0) is 11.3 Å². The normalized spacial score (nSPS) is 14.0. The van der Waals surface area contributed by atoms with Gasteiger partial charge in [0, 0.05) is 61.1 Å². The van der Waals surface area contributed by atoms with Crippen LogP contribution < -0.4 is 16.4 Å². The molecule has 0 bridgehead atoms. The maximum absolute atomic E-state index is 12.0. The molecule has 0 aliphatic carbocycles. The lowest BCUT2D eigenvalue weighted by molar-refractivity contribution is -0.131. The van der Waals surface area contributed by atoms with Crippen LogP contribution in [0, 0.1) is 0 Å². The molecule has 2 amide bonds. The summed E-state index contributed by atoms with van der Waals surface area (Å²) in [6.45, 7) is 4.10. The second kappa shape index (κ2) is 10.7.